The van der Waals surface area contributed by atoms with Crippen LogP contribution in [0.5, 0.6) is 5.75 Å². The Hall–Kier alpha value is -2.06. The fraction of sp³-hybridized carbons (Fsp3) is 0. The predicted molar refractivity (Wildman–Crippen MR) is 73.9 cm³/mol. The highest BCUT2D eigenvalue weighted by atomic mass is 35.5. The van der Waals surface area contributed by atoms with Gasteiger partial charge in [0, 0.05) is 17.1 Å². The van der Waals surface area contributed by atoms with Crippen molar-refractivity contribution in [2.75, 3.05) is 0 Å². The topological polar surface area (TPSA) is 33.1 Å². The number of nitrogens with zero attached hydrogens (tertiary/aromatic N) is 1. The van der Waals surface area contributed by atoms with E-state index in [0.29, 0.717) is 5.02 Å². The second-order valence-electron chi connectivity index (χ2n) is 4.05. The van der Waals surface area contributed by atoms with Crippen LogP contribution in [-0.4, -0.2) is 10.1 Å². The summed E-state index contributed by atoms with van der Waals surface area (Å²) >= 11 is 5.94. The van der Waals surface area contributed by atoms with E-state index in [1.165, 1.54) is 0 Å². The molecule has 0 aliphatic rings. The van der Waals surface area contributed by atoms with Crippen LogP contribution in [0, 0.1) is 0 Å². The molecule has 1 aromatic heterocycles. The highest BCUT2D eigenvalue weighted by Gasteiger charge is 2.06. The van der Waals surface area contributed by atoms with Crippen LogP contribution in [0.25, 0.3) is 22.0 Å². The Labute approximate surface area is 109 Å². The van der Waals surface area contributed by atoms with Crippen molar-refractivity contribution in [3.8, 4) is 16.9 Å². The van der Waals surface area contributed by atoms with Gasteiger partial charge in [0.1, 0.15) is 5.75 Å². The monoisotopic (exact) mass is 255 g/mol. The lowest BCUT2D eigenvalue weighted by Crippen LogP contribution is -1.84. The lowest BCUT2D eigenvalue weighted by atomic mass is 10.0. The number of phenols is 1. The molecule has 3 rings (SSSR count). The van der Waals surface area contributed by atoms with Crippen molar-refractivity contribution < 1.29 is 5.11 Å². The number of hydrogen-bond donors (Lipinski definition) is 1. The van der Waals surface area contributed by atoms with Gasteiger partial charge in [-0.25, -0.2) is 0 Å². The summed E-state index contributed by atoms with van der Waals surface area (Å²) in [6.07, 6.45) is 1.77. The van der Waals surface area contributed by atoms with E-state index in [-0.39, 0.29) is 5.75 Å². The SMILES string of the molecule is Oc1ccc(-c2cccc3cccnc23)cc1Cl. The van der Waals surface area contributed by atoms with Crippen molar-refractivity contribution in [3.63, 3.8) is 0 Å². The smallest absolute Gasteiger partial charge is 0.134 e. The number of aromatic hydroxyl groups is 1. The fourth-order valence-electron chi connectivity index (χ4n) is 2.01. The average molecular weight is 256 g/mol. The number of benzene rings is 2. The Balaban J connectivity index is 2.28. The van der Waals surface area contributed by atoms with Gasteiger partial charge in [-0.2, -0.15) is 0 Å². The van der Waals surface area contributed by atoms with Gasteiger partial charge in [-0.1, -0.05) is 41.9 Å². The molecule has 0 saturated carbocycles. The molecule has 18 heavy (non-hydrogen) atoms. The summed E-state index contributed by atoms with van der Waals surface area (Å²) in [5, 5.41) is 10.9. The molecule has 88 valence electrons. The van der Waals surface area contributed by atoms with Crippen LogP contribution >= 0.6 is 11.6 Å². The molecule has 0 fully saturated rings. The molecule has 1 heterocycles. The van der Waals surface area contributed by atoms with Crippen molar-refractivity contribution in [1.82, 2.24) is 4.98 Å². The van der Waals surface area contributed by atoms with Crippen LogP contribution in [-0.2, 0) is 0 Å². The maximum Gasteiger partial charge on any atom is 0.134 e. The molecule has 0 unspecified atom stereocenters. The summed E-state index contributed by atoms with van der Waals surface area (Å²) in [7, 11) is 0. The van der Waals surface area contributed by atoms with Gasteiger partial charge in [0.05, 0.1) is 10.5 Å². The van der Waals surface area contributed by atoms with Gasteiger partial charge in [0.15, 0.2) is 0 Å². The first-order valence-electron chi connectivity index (χ1n) is 5.58. The zero-order valence-electron chi connectivity index (χ0n) is 9.47. The van der Waals surface area contributed by atoms with Gasteiger partial charge in [-0.05, 0) is 23.8 Å². The molecule has 0 amide bonds. The van der Waals surface area contributed by atoms with Crippen LogP contribution in [0.15, 0.2) is 54.7 Å². The summed E-state index contributed by atoms with van der Waals surface area (Å²) in [6.45, 7) is 0. The highest BCUT2D eigenvalue weighted by molar-refractivity contribution is 6.32. The van der Waals surface area contributed by atoms with Crippen LogP contribution in [0.3, 0.4) is 0 Å². The van der Waals surface area contributed by atoms with E-state index < -0.39 is 0 Å². The summed E-state index contributed by atoms with van der Waals surface area (Å²) in [5.74, 6) is 0.0913. The van der Waals surface area contributed by atoms with Crippen molar-refractivity contribution in [3.05, 3.63) is 59.8 Å². The van der Waals surface area contributed by atoms with E-state index in [1.807, 2.05) is 36.4 Å². The highest BCUT2D eigenvalue weighted by Crippen LogP contribution is 2.32. The second kappa shape index (κ2) is 4.31. The minimum atomic E-state index is 0.0913. The number of phenolic OH excluding ortho intramolecular Hbond substituents is 1. The van der Waals surface area contributed by atoms with E-state index in [1.54, 1.807) is 18.3 Å². The standard InChI is InChI=1S/C15H10ClNO/c16-13-9-11(6-7-14(13)18)12-5-1-3-10-4-2-8-17-15(10)12/h1-9,18H. The van der Waals surface area contributed by atoms with E-state index in [4.69, 9.17) is 11.6 Å². The minimum Gasteiger partial charge on any atom is -0.506 e. The van der Waals surface area contributed by atoms with Crippen molar-refractivity contribution in [2.24, 2.45) is 0 Å². The number of hydrogen-bond acceptors (Lipinski definition) is 2. The molecular formula is C15H10ClNO. The van der Waals surface area contributed by atoms with E-state index in [9.17, 15) is 5.11 Å². The summed E-state index contributed by atoms with van der Waals surface area (Å²) in [5.41, 5.74) is 2.89. The molecule has 1 N–H and O–H groups in total. The second-order valence-corrected chi connectivity index (χ2v) is 4.45. The first kappa shape index (κ1) is 11.1. The first-order chi connectivity index (χ1) is 8.75. The van der Waals surface area contributed by atoms with Crippen molar-refractivity contribution in [1.29, 1.82) is 0 Å². The first-order valence-corrected chi connectivity index (χ1v) is 5.96. The number of rotatable bonds is 1. The maximum atomic E-state index is 9.46. The molecule has 3 heteroatoms. The number of fused-ring (bicyclic) bond motifs is 1. The normalized spacial score (nSPS) is 10.7. The molecule has 3 aromatic rings. The molecule has 0 saturated heterocycles. The zero-order chi connectivity index (χ0) is 12.5. The number of aromatic nitrogens is 1. The van der Waals surface area contributed by atoms with Gasteiger partial charge < -0.3 is 5.11 Å². The minimum absolute atomic E-state index is 0.0913. The largest absolute Gasteiger partial charge is 0.506 e. The van der Waals surface area contributed by atoms with Gasteiger partial charge in [0.25, 0.3) is 0 Å². The van der Waals surface area contributed by atoms with Gasteiger partial charge >= 0.3 is 0 Å². The van der Waals surface area contributed by atoms with Crippen molar-refractivity contribution >= 4 is 22.5 Å². The Morgan fingerprint density at radius 1 is 1.00 bits per heavy atom. The number of pyridine rings is 1. The molecule has 0 aliphatic heterocycles. The maximum absolute atomic E-state index is 9.46. The quantitative estimate of drug-likeness (QED) is 0.705. The Morgan fingerprint density at radius 3 is 2.67 bits per heavy atom. The fourth-order valence-corrected chi connectivity index (χ4v) is 2.19. The zero-order valence-corrected chi connectivity index (χ0v) is 10.2. The van der Waals surface area contributed by atoms with Gasteiger partial charge in [-0.15, -0.1) is 0 Å². The summed E-state index contributed by atoms with van der Waals surface area (Å²) in [4.78, 5) is 4.40. The molecule has 2 nitrogen and oxygen atoms in total. The van der Waals surface area contributed by atoms with Crippen LogP contribution in [0.2, 0.25) is 5.02 Å². The Morgan fingerprint density at radius 2 is 1.83 bits per heavy atom. The predicted octanol–water partition coefficient (Wildman–Crippen LogP) is 4.26. The Bertz CT molecular complexity index is 719. The Kier molecular flexibility index (Phi) is 2.65. The van der Waals surface area contributed by atoms with E-state index in [0.717, 1.165) is 22.0 Å². The third-order valence-corrected chi connectivity index (χ3v) is 3.19. The molecule has 0 aliphatic carbocycles. The van der Waals surface area contributed by atoms with Gasteiger partial charge in [0.2, 0.25) is 0 Å². The molecular weight excluding hydrogens is 246 g/mol. The summed E-state index contributed by atoms with van der Waals surface area (Å²) in [6, 6.07) is 15.1. The molecule has 0 bridgehead atoms. The lowest BCUT2D eigenvalue weighted by Gasteiger charge is -2.07. The van der Waals surface area contributed by atoms with E-state index in [2.05, 4.69) is 4.98 Å². The third-order valence-electron chi connectivity index (χ3n) is 2.89. The molecule has 0 atom stereocenters. The summed E-state index contributed by atoms with van der Waals surface area (Å²) < 4.78 is 0. The van der Waals surface area contributed by atoms with Crippen LogP contribution in [0.1, 0.15) is 0 Å². The molecule has 2 aromatic carbocycles. The third kappa shape index (κ3) is 1.81. The average Bonchev–Trinajstić information content (AvgIpc) is 2.41. The van der Waals surface area contributed by atoms with Gasteiger partial charge in [-0.3, -0.25) is 4.98 Å². The molecule has 0 spiro atoms. The van der Waals surface area contributed by atoms with E-state index >= 15 is 0 Å². The number of para-hydroxylation sites is 1. The van der Waals surface area contributed by atoms with Crippen LogP contribution < -0.4 is 0 Å². The van der Waals surface area contributed by atoms with Crippen LogP contribution in [0.4, 0.5) is 0 Å². The molecule has 0 radical (unpaired) electrons. The lowest BCUT2D eigenvalue weighted by molar-refractivity contribution is 0.475. The van der Waals surface area contributed by atoms with Crippen molar-refractivity contribution in [2.45, 2.75) is 0 Å². The number of halogens is 1.